The number of benzene rings is 1. The molecule has 0 N–H and O–H groups in total. The van der Waals surface area contributed by atoms with Gasteiger partial charge >= 0.3 is 0 Å². The second-order valence-electron chi connectivity index (χ2n) is 6.69. The highest BCUT2D eigenvalue weighted by Crippen LogP contribution is 2.20. The lowest BCUT2D eigenvalue weighted by Crippen LogP contribution is -2.47. The minimum Gasteiger partial charge on any atom is -0.484 e. The Morgan fingerprint density at radius 3 is 2.68 bits per heavy atom. The number of carbonyl (C=O) groups is 1. The zero-order chi connectivity index (χ0) is 17.6. The highest BCUT2D eigenvalue weighted by Gasteiger charge is 2.28. The van der Waals surface area contributed by atoms with Crippen molar-refractivity contribution in [3.63, 3.8) is 0 Å². The molecular weight excluding hydrogens is 316 g/mol. The number of rotatable bonds is 6. The van der Waals surface area contributed by atoms with Crippen LogP contribution in [0.2, 0.25) is 0 Å². The minimum atomic E-state index is 0.00852. The van der Waals surface area contributed by atoms with Crippen molar-refractivity contribution >= 4 is 5.91 Å². The number of nitrogens with zero attached hydrogens (tertiary/aromatic N) is 2. The van der Waals surface area contributed by atoms with Crippen LogP contribution in [0.4, 0.5) is 0 Å². The van der Waals surface area contributed by atoms with E-state index >= 15 is 0 Å². The highest BCUT2D eigenvalue weighted by atomic mass is 16.5. The van der Waals surface area contributed by atoms with Gasteiger partial charge in [0.1, 0.15) is 11.5 Å². The summed E-state index contributed by atoms with van der Waals surface area (Å²) in [7, 11) is 2.12. The molecule has 2 aromatic rings. The van der Waals surface area contributed by atoms with Crippen LogP contribution < -0.4 is 4.74 Å². The number of hydrogen-bond acceptors (Lipinski definition) is 4. The lowest BCUT2D eigenvalue weighted by atomic mass is 10.0. The predicted molar refractivity (Wildman–Crippen MR) is 96.5 cm³/mol. The van der Waals surface area contributed by atoms with E-state index in [0.717, 1.165) is 43.0 Å². The summed E-state index contributed by atoms with van der Waals surface area (Å²) in [6, 6.07) is 11.8. The molecule has 1 aliphatic heterocycles. The maximum absolute atomic E-state index is 12.9. The van der Waals surface area contributed by atoms with Gasteiger partial charge in [-0.05, 0) is 63.7 Å². The molecule has 5 heteroatoms. The van der Waals surface area contributed by atoms with Crippen LogP contribution in [0.1, 0.15) is 24.2 Å². The first-order chi connectivity index (χ1) is 12.1. The summed E-state index contributed by atoms with van der Waals surface area (Å²) in [4.78, 5) is 17.1. The number of piperidine rings is 1. The van der Waals surface area contributed by atoms with Gasteiger partial charge in [0.2, 0.25) is 0 Å². The molecular formula is C20H26N2O3. The summed E-state index contributed by atoms with van der Waals surface area (Å²) in [5.41, 5.74) is 1.03. The van der Waals surface area contributed by atoms with Crippen LogP contribution in [0, 0.1) is 6.92 Å². The van der Waals surface area contributed by atoms with Gasteiger partial charge in [-0.2, -0.15) is 0 Å². The van der Waals surface area contributed by atoms with E-state index in [2.05, 4.69) is 11.9 Å². The van der Waals surface area contributed by atoms with Crippen LogP contribution >= 0.6 is 0 Å². The van der Waals surface area contributed by atoms with Crippen LogP contribution in [0.3, 0.4) is 0 Å². The summed E-state index contributed by atoms with van der Waals surface area (Å²) >= 11 is 0. The van der Waals surface area contributed by atoms with Gasteiger partial charge in [0.05, 0.1) is 12.8 Å². The molecule has 0 radical (unpaired) electrons. The number of hydrogen-bond donors (Lipinski definition) is 0. The van der Waals surface area contributed by atoms with Crippen LogP contribution in [0.25, 0.3) is 0 Å². The number of carbonyl (C=O) groups excluding carboxylic acids is 1. The molecule has 1 saturated heterocycles. The third-order valence-electron chi connectivity index (χ3n) is 4.80. The van der Waals surface area contributed by atoms with Crippen molar-refractivity contribution in [2.75, 3.05) is 26.7 Å². The molecule has 0 unspecified atom stereocenters. The second kappa shape index (κ2) is 8.21. The van der Waals surface area contributed by atoms with E-state index in [1.165, 1.54) is 0 Å². The Kier molecular flexibility index (Phi) is 5.76. The Bertz CT molecular complexity index is 676. The average Bonchev–Trinajstić information content (AvgIpc) is 3.13. The molecule has 2 heterocycles. The van der Waals surface area contributed by atoms with E-state index in [9.17, 15) is 4.79 Å². The van der Waals surface area contributed by atoms with Crippen molar-refractivity contribution in [3.8, 4) is 5.75 Å². The van der Waals surface area contributed by atoms with Gasteiger partial charge in [0.25, 0.3) is 5.91 Å². The van der Waals surface area contributed by atoms with Gasteiger partial charge in [0.15, 0.2) is 6.61 Å². The molecule has 25 heavy (non-hydrogen) atoms. The monoisotopic (exact) mass is 342 g/mol. The number of furan rings is 1. The molecule has 0 spiro atoms. The van der Waals surface area contributed by atoms with Crippen LogP contribution in [-0.4, -0.2) is 48.5 Å². The average molecular weight is 342 g/mol. The van der Waals surface area contributed by atoms with Gasteiger partial charge in [0, 0.05) is 6.04 Å². The van der Waals surface area contributed by atoms with Crippen molar-refractivity contribution < 1.29 is 13.9 Å². The summed E-state index contributed by atoms with van der Waals surface area (Å²) < 4.78 is 11.2. The van der Waals surface area contributed by atoms with Crippen molar-refractivity contribution in [1.82, 2.24) is 9.80 Å². The molecule has 1 fully saturated rings. The van der Waals surface area contributed by atoms with Gasteiger partial charge < -0.3 is 19.0 Å². The van der Waals surface area contributed by atoms with E-state index in [1.807, 2.05) is 48.2 Å². The first-order valence-electron chi connectivity index (χ1n) is 8.82. The Labute approximate surface area is 149 Å². The number of amides is 1. The minimum absolute atomic E-state index is 0.00852. The maximum Gasteiger partial charge on any atom is 0.261 e. The van der Waals surface area contributed by atoms with Gasteiger partial charge in [-0.15, -0.1) is 0 Å². The fourth-order valence-corrected chi connectivity index (χ4v) is 3.24. The largest absolute Gasteiger partial charge is 0.484 e. The van der Waals surface area contributed by atoms with E-state index < -0.39 is 0 Å². The Hall–Kier alpha value is -2.27. The lowest BCUT2D eigenvalue weighted by Gasteiger charge is -2.37. The van der Waals surface area contributed by atoms with Crippen LogP contribution in [0.5, 0.6) is 5.75 Å². The number of para-hydroxylation sites is 1. The first-order valence-corrected chi connectivity index (χ1v) is 8.82. The molecule has 1 amide bonds. The van der Waals surface area contributed by atoms with Crippen molar-refractivity contribution in [3.05, 3.63) is 54.0 Å². The van der Waals surface area contributed by atoms with Crippen molar-refractivity contribution in [2.45, 2.75) is 32.4 Å². The number of aryl methyl sites for hydroxylation is 1. The van der Waals surface area contributed by atoms with Crippen LogP contribution in [-0.2, 0) is 11.3 Å². The molecule has 0 atom stereocenters. The molecule has 0 saturated carbocycles. The molecule has 3 rings (SSSR count). The van der Waals surface area contributed by atoms with Gasteiger partial charge in [-0.1, -0.05) is 18.2 Å². The fraction of sp³-hybridized carbons (Fsp3) is 0.450. The number of likely N-dealkylation sites (tertiary alicyclic amines) is 1. The lowest BCUT2D eigenvalue weighted by molar-refractivity contribution is -0.137. The van der Waals surface area contributed by atoms with E-state index in [4.69, 9.17) is 9.15 Å². The van der Waals surface area contributed by atoms with Crippen molar-refractivity contribution in [1.29, 1.82) is 0 Å². The summed E-state index contributed by atoms with van der Waals surface area (Å²) in [6.45, 7) is 4.54. The van der Waals surface area contributed by atoms with E-state index in [0.29, 0.717) is 6.54 Å². The van der Waals surface area contributed by atoms with Gasteiger partial charge in [-0.25, -0.2) is 0 Å². The molecule has 5 nitrogen and oxygen atoms in total. The van der Waals surface area contributed by atoms with Crippen LogP contribution in [0.15, 0.2) is 47.1 Å². The topological polar surface area (TPSA) is 45.9 Å². The SMILES string of the molecule is Cc1ccccc1OCC(=O)N(Cc1ccco1)C1CCN(C)CC1. The third-order valence-corrected chi connectivity index (χ3v) is 4.80. The van der Waals surface area contributed by atoms with E-state index in [-0.39, 0.29) is 18.6 Å². The Morgan fingerprint density at radius 1 is 1.24 bits per heavy atom. The Balaban J connectivity index is 1.67. The molecule has 1 aromatic carbocycles. The maximum atomic E-state index is 12.9. The summed E-state index contributed by atoms with van der Waals surface area (Å²) in [6.07, 6.45) is 3.61. The Morgan fingerprint density at radius 2 is 2.00 bits per heavy atom. The molecule has 134 valence electrons. The quantitative estimate of drug-likeness (QED) is 0.809. The van der Waals surface area contributed by atoms with E-state index in [1.54, 1.807) is 6.26 Å². The smallest absolute Gasteiger partial charge is 0.261 e. The zero-order valence-electron chi connectivity index (χ0n) is 15.0. The predicted octanol–water partition coefficient (Wildman–Crippen LogP) is 3.09. The third kappa shape index (κ3) is 4.63. The van der Waals surface area contributed by atoms with Crippen molar-refractivity contribution in [2.24, 2.45) is 0 Å². The molecule has 0 aliphatic carbocycles. The highest BCUT2D eigenvalue weighted by molar-refractivity contribution is 5.78. The zero-order valence-corrected chi connectivity index (χ0v) is 15.0. The first kappa shape index (κ1) is 17.5. The fourth-order valence-electron chi connectivity index (χ4n) is 3.24. The number of ether oxygens (including phenoxy) is 1. The normalized spacial score (nSPS) is 15.9. The van der Waals surface area contributed by atoms with Gasteiger partial charge in [-0.3, -0.25) is 4.79 Å². The molecule has 1 aromatic heterocycles. The standard InChI is InChI=1S/C20H26N2O3/c1-16-6-3-4-8-19(16)25-15-20(23)22(14-18-7-5-13-24-18)17-9-11-21(2)12-10-17/h3-8,13,17H,9-12,14-15H2,1-2H3. The molecule has 1 aliphatic rings. The second-order valence-corrected chi connectivity index (χ2v) is 6.69. The molecule has 0 bridgehead atoms. The summed E-state index contributed by atoms with van der Waals surface area (Å²) in [5.74, 6) is 1.58. The summed E-state index contributed by atoms with van der Waals surface area (Å²) in [5, 5.41) is 0.